The van der Waals surface area contributed by atoms with E-state index in [9.17, 15) is 29.1 Å². The second-order valence-electron chi connectivity index (χ2n) is 8.04. The number of benzene rings is 1. The molecule has 2 aliphatic heterocycles. The Bertz CT molecular complexity index is 985. The summed E-state index contributed by atoms with van der Waals surface area (Å²) in [5, 5.41) is 23.9. The zero-order valence-electron chi connectivity index (χ0n) is 18.9. The highest BCUT2D eigenvalue weighted by atomic mass is 33.1. The van der Waals surface area contributed by atoms with E-state index in [2.05, 4.69) is 10.6 Å². The highest BCUT2D eigenvalue weighted by Gasteiger charge is 2.39. The fourth-order valence-electron chi connectivity index (χ4n) is 3.61. The number of hydrogen-bond donors (Lipinski definition) is 4. The predicted molar refractivity (Wildman–Crippen MR) is 137 cm³/mol. The largest absolute Gasteiger partial charge is 0.507 e. The van der Waals surface area contributed by atoms with E-state index in [1.807, 2.05) is 21.6 Å². The molecule has 2 atom stereocenters. The Morgan fingerprint density at radius 3 is 2.71 bits per heavy atom. The summed E-state index contributed by atoms with van der Waals surface area (Å²) in [5.74, 6) is -1.78. The van der Waals surface area contributed by atoms with Crippen molar-refractivity contribution in [2.45, 2.75) is 42.6 Å². The van der Waals surface area contributed by atoms with Crippen molar-refractivity contribution in [3.05, 3.63) is 23.8 Å². The van der Waals surface area contributed by atoms with Gasteiger partial charge in [-0.2, -0.15) is 0 Å². The van der Waals surface area contributed by atoms with Gasteiger partial charge in [-0.3, -0.25) is 24.1 Å². The molecular formula is C22H27N3O7S3. The maximum atomic E-state index is 12.6. The highest BCUT2D eigenvalue weighted by Crippen LogP contribution is 2.39. The fourth-order valence-corrected chi connectivity index (χ4v) is 7.68. The molecule has 4 N–H and O–H groups in total. The minimum Gasteiger partial charge on any atom is -0.507 e. The molecule has 1 aromatic rings. The van der Waals surface area contributed by atoms with Gasteiger partial charge in [-0.05, 0) is 37.5 Å². The first-order valence-electron chi connectivity index (χ1n) is 11.1. The molecule has 35 heavy (non-hydrogen) atoms. The van der Waals surface area contributed by atoms with Crippen LogP contribution in [0.3, 0.4) is 0 Å². The molecule has 0 aliphatic carbocycles. The smallest absolute Gasteiger partial charge is 0.339 e. The minimum absolute atomic E-state index is 0.0198. The predicted octanol–water partition coefficient (Wildman–Crippen LogP) is 2.33. The highest BCUT2D eigenvalue weighted by molar-refractivity contribution is 8.77. The first-order chi connectivity index (χ1) is 16.7. The molecule has 0 radical (unpaired) electrons. The number of amides is 4. The summed E-state index contributed by atoms with van der Waals surface area (Å²) in [7, 11) is 3.78. The quantitative estimate of drug-likeness (QED) is 0.134. The minimum atomic E-state index is -1.36. The Kier molecular flexibility index (Phi) is 10.2. The summed E-state index contributed by atoms with van der Waals surface area (Å²) in [5.41, 5.74) is -0.265. The molecule has 0 saturated carbocycles. The first-order valence-corrected chi connectivity index (χ1v) is 14.5. The second kappa shape index (κ2) is 13.1. The normalized spacial score (nSPS) is 19.7. The van der Waals surface area contributed by atoms with Gasteiger partial charge in [0, 0.05) is 41.8 Å². The van der Waals surface area contributed by atoms with Gasteiger partial charge in [-0.15, -0.1) is 11.8 Å². The molecule has 2 heterocycles. The lowest BCUT2D eigenvalue weighted by Gasteiger charge is -2.15. The summed E-state index contributed by atoms with van der Waals surface area (Å²) in [4.78, 5) is 61.1. The van der Waals surface area contributed by atoms with Crippen LogP contribution in [-0.4, -0.2) is 79.8 Å². The van der Waals surface area contributed by atoms with Gasteiger partial charge >= 0.3 is 5.97 Å². The Balaban J connectivity index is 1.37. The molecule has 2 aliphatic rings. The number of phenols is 1. The van der Waals surface area contributed by atoms with Crippen LogP contribution in [-0.2, 0) is 19.2 Å². The number of carboxylic acid groups (broad SMARTS) is 1. The van der Waals surface area contributed by atoms with Crippen LogP contribution in [0.4, 0.5) is 5.69 Å². The van der Waals surface area contributed by atoms with Crippen molar-refractivity contribution in [3.8, 4) is 5.75 Å². The van der Waals surface area contributed by atoms with Crippen molar-refractivity contribution < 1.29 is 34.2 Å². The van der Waals surface area contributed by atoms with Crippen LogP contribution in [0.2, 0.25) is 0 Å². The lowest BCUT2D eigenvalue weighted by atomic mass is 10.1. The third-order valence-corrected chi connectivity index (χ3v) is 9.63. The number of imide groups is 1. The van der Waals surface area contributed by atoms with Crippen molar-refractivity contribution in [3.63, 3.8) is 0 Å². The number of aromatic carboxylic acids is 1. The standard InChI is InChI=1S/C22H27N3O7S3/c26-16-5-4-13(10-15(16)22(31)32)24-19(28)12-25-20(29)11-17(21(25)30)33-9-7-23-18(27)3-1-2-14-6-8-34-35-14/h4-5,10,14,17,26H,1-3,6-9,11-12H2,(H,23,27)(H,24,28)(H,31,32). The maximum absolute atomic E-state index is 12.6. The molecule has 13 heteroatoms. The van der Waals surface area contributed by atoms with Crippen LogP contribution >= 0.6 is 33.3 Å². The molecule has 0 bridgehead atoms. The SMILES string of the molecule is O=C(CCCC1CCSS1)NCCSC1CC(=O)N(CC(=O)Nc2ccc(O)c(C(=O)O)c2)C1=O. The van der Waals surface area contributed by atoms with Gasteiger partial charge in [0.15, 0.2) is 0 Å². The van der Waals surface area contributed by atoms with Gasteiger partial charge < -0.3 is 20.8 Å². The zero-order valence-corrected chi connectivity index (χ0v) is 21.3. The molecule has 0 spiro atoms. The first kappa shape index (κ1) is 27.2. The molecule has 4 amide bonds. The number of rotatable bonds is 12. The molecule has 190 valence electrons. The molecule has 2 saturated heterocycles. The van der Waals surface area contributed by atoms with Crippen molar-refractivity contribution in [2.24, 2.45) is 0 Å². The van der Waals surface area contributed by atoms with Crippen LogP contribution in [0.5, 0.6) is 5.75 Å². The van der Waals surface area contributed by atoms with E-state index in [4.69, 9.17) is 5.11 Å². The van der Waals surface area contributed by atoms with E-state index in [1.165, 1.54) is 30.0 Å². The molecule has 0 aromatic heterocycles. The molecular weight excluding hydrogens is 514 g/mol. The van der Waals surface area contributed by atoms with Gasteiger partial charge in [0.25, 0.3) is 0 Å². The molecule has 3 rings (SSSR count). The summed E-state index contributed by atoms with van der Waals surface area (Å²) in [6.45, 7) is -0.102. The lowest BCUT2D eigenvalue weighted by Crippen LogP contribution is -2.38. The number of likely N-dealkylation sites (tertiary alicyclic amines) is 1. The number of carbonyl (C=O) groups excluding carboxylic acids is 4. The molecule has 2 fully saturated rings. The zero-order chi connectivity index (χ0) is 25.4. The Hall–Kier alpha value is -2.38. The maximum Gasteiger partial charge on any atom is 0.339 e. The number of carbonyl (C=O) groups is 5. The van der Waals surface area contributed by atoms with E-state index < -0.39 is 41.2 Å². The van der Waals surface area contributed by atoms with E-state index in [0.29, 0.717) is 24.0 Å². The van der Waals surface area contributed by atoms with Gasteiger partial charge in [0.2, 0.25) is 23.6 Å². The van der Waals surface area contributed by atoms with E-state index in [0.717, 1.165) is 29.9 Å². The average molecular weight is 542 g/mol. The fraction of sp³-hybridized carbons (Fsp3) is 0.500. The van der Waals surface area contributed by atoms with Crippen LogP contribution in [0.1, 0.15) is 42.5 Å². The number of hydrogen-bond acceptors (Lipinski definition) is 9. The van der Waals surface area contributed by atoms with Gasteiger partial charge in [0.05, 0.1) is 5.25 Å². The van der Waals surface area contributed by atoms with Crippen molar-refractivity contribution in [2.75, 3.05) is 29.9 Å². The number of carboxylic acids is 1. The number of thioether (sulfide) groups is 1. The summed E-state index contributed by atoms with van der Waals surface area (Å²) in [6.07, 6.45) is 3.54. The summed E-state index contributed by atoms with van der Waals surface area (Å²) in [6, 6.07) is 3.53. The number of nitrogens with zero attached hydrogens (tertiary/aromatic N) is 1. The van der Waals surface area contributed by atoms with Crippen LogP contribution < -0.4 is 10.6 Å². The van der Waals surface area contributed by atoms with Crippen molar-refractivity contribution >= 4 is 68.6 Å². The Morgan fingerprint density at radius 2 is 2.00 bits per heavy atom. The van der Waals surface area contributed by atoms with Crippen LogP contribution in [0, 0.1) is 0 Å². The average Bonchev–Trinajstić information content (AvgIpc) is 3.42. The number of nitrogens with one attached hydrogen (secondary N) is 2. The second-order valence-corrected chi connectivity index (χ2v) is 12.1. The Morgan fingerprint density at radius 1 is 1.20 bits per heavy atom. The third kappa shape index (κ3) is 8.07. The molecule has 2 unspecified atom stereocenters. The number of anilines is 1. The lowest BCUT2D eigenvalue weighted by molar-refractivity contribution is -0.141. The van der Waals surface area contributed by atoms with Crippen LogP contribution in [0.25, 0.3) is 0 Å². The summed E-state index contributed by atoms with van der Waals surface area (Å²) >= 11 is 1.27. The molecule has 10 nitrogen and oxygen atoms in total. The topological polar surface area (TPSA) is 153 Å². The third-order valence-electron chi connectivity index (χ3n) is 5.42. The summed E-state index contributed by atoms with van der Waals surface area (Å²) < 4.78 is 0. The Labute approximate surface area is 214 Å². The van der Waals surface area contributed by atoms with Crippen LogP contribution in [0.15, 0.2) is 18.2 Å². The van der Waals surface area contributed by atoms with Gasteiger partial charge in [-0.1, -0.05) is 21.6 Å². The van der Waals surface area contributed by atoms with E-state index in [-0.39, 0.29) is 23.6 Å². The molecule has 1 aromatic carbocycles. The van der Waals surface area contributed by atoms with Gasteiger partial charge in [0.1, 0.15) is 17.9 Å². The van der Waals surface area contributed by atoms with Crippen molar-refractivity contribution in [1.82, 2.24) is 10.2 Å². The van der Waals surface area contributed by atoms with Gasteiger partial charge in [-0.25, -0.2) is 4.79 Å². The van der Waals surface area contributed by atoms with E-state index in [1.54, 1.807) is 0 Å². The van der Waals surface area contributed by atoms with Crippen molar-refractivity contribution in [1.29, 1.82) is 0 Å². The number of aromatic hydroxyl groups is 1. The monoisotopic (exact) mass is 541 g/mol. The van der Waals surface area contributed by atoms with E-state index >= 15 is 0 Å².